The second-order valence-electron chi connectivity index (χ2n) is 3.94. The number of fused-ring (bicyclic) bond motifs is 1. The van der Waals surface area contributed by atoms with Gasteiger partial charge in [-0.25, -0.2) is 0 Å². The zero-order chi connectivity index (χ0) is 15.5. The number of aliphatic hydroxyl groups excluding tert-OH is 1. The first-order chi connectivity index (χ1) is 9.93. The van der Waals surface area contributed by atoms with Gasteiger partial charge < -0.3 is 9.84 Å². The SMILES string of the molecule is OCCOCCSc1nnc2c(Cl)cc(C(F)(F)F)cn12. The molecule has 0 saturated carbocycles. The van der Waals surface area contributed by atoms with E-state index in [1.807, 2.05) is 0 Å². The number of hydrogen-bond acceptors (Lipinski definition) is 5. The normalized spacial score (nSPS) is 12.2. The maximum absolute atomic E-state index is 12.8. The molecule has 0 aliphatic carbocycles. The number of halogens is 4. The molecule has 0 spiro atoms. The van der Waals surface area contributed by atoms with Crippen molar-refractivity contribution >= 4 is 29.0 Å². The first kappa shape index (κ1) is 16.3. The first-order valence-corrected chi connectivity index (χ1v) is 7.22. The number of rotatable bonds is 6. The third-order valence-electron chi connectivity index (χ3n) is 2.45. The summed E-state index contributed by atoms with van der Waals surface area (Å²) in [6, 6.07) is 0.824. The van der Waals surface area contributed by atoms with E-state index in [-0.39, 0.29) is 23.9 Å². The summed E-state index contributed by atoms with van der Waals surface area (Å²) in [4.78, 5) is 0. The number of thioether (sulfide) groups is 1. The first-order valence-electron chi connectivity index (χ1n) is 5.86. The molecule has 21 heavy (non-hydrogen) atoms. The molecular formula is C11H11ClF3N3O2S. The van der Waals surface area contributed by atoms with Crippen LogP contribution in [0.1, 0.15) is 5.56 Å². The molecule has 2 aromatic rings. The van der Waals surface area contributed by atoms with Gasteiger partial charge in [0.15, 0.2) is 10.8 Å². The molecule has 0 saturated heterocycles. The number of aromatic nitrogens is 3. The highest BCUT2D eigenvalue weighted by Crippen LogP contribution is 2.33. The molecule has 1 N–H and O–H groups in total. The number of hydrogen-bond donors (Lipinski definition) is 1. The van der Waals surface area contributed by atoms with Gasteiger partial charge in [0.05, 0.1) is 30.4 Å². The zero-order valence-electron chi connectivity index (χ0n) is 10.6. The van der Waals surface area contributed by atoms with Crippen LogP contribution in [0.3, 0.4) is 0 Å². The molecule has 0 radical (unpaired) electrons. The summed E-state index contributed by atoms with van der Waals surface area (Å²) >= 11 is 6.99. The monoisotopic (exact) mass is 341 g/mol. The Morgan fingerprint density at radius 2 is 2.10 bits per heavy atom. The van der Waals surface area contributed by atoms with E-state index in [1.165, 1.54) is 16.2 Å². The van der Waals surface area contributed by atoms with E-state index in [1.54, 1.807) is 0 Å². The van der Waals surface area contributed by atoms with E-state index in [2.05, 4.69) is 10.2 Å². The van der Waals surface area contributed by atoms with E-state index in [0.717, 1.165) is 12.3 Å². The molecule has 2 heterocycles. The summed E-state index contributed by atoms with van der Waals surface area (Å²) in [5.41, 5.74) is -0.693. The van der Waals surface area contributed by atoms with Gasteiger partial charge in [-0.2, -0.15) is 13.2 Å². The van der Waals surface area contributed by atoms with E-state index in [9.17, 15) is 13.2 Å². The Bertz CT molecular complexity index is 621. The van der Waals surface area contributed by atoms with Crippen LogP contribution in [0.5, 0.6) is 0 Å². The second kappa shape index (κ2) is 6.82. The van der Waals surface area contributed by atoms with Gasteiger partial charge in [0.2, 0.25) is 0 Å². The third-order valence-corrected chi connectivity index (χ3v) is 3.64. The molecule has 0 atom stereocenters. The highest BCUT2D eigenvalue weighted by molar-refractivity contribution is 7.99. The zero-order valence-corrected chi connectivity index (χ0v) is 12.2. The largest absolute Gasteiger partial charge is 0.417 e. The van der Waals surface area contributed by atoms with Crippen LogP contribution in [0.25, 0.3) is 5.65 Å². The minimum atomic E-state index is -4.49. The van der Waals surface area contributed by atoms with E-state index in [0.29, 0.717) is 17.5 Å². The minimum absolute atomic E-state index is 0.0803. The highest BCUT2D eigenvalue weighted by Gasteiger charge is 2.32. The van der Waals surface area contributed by atoms with Gasteiger partial charge in [-0.3, -0.25) is 4.40 Å². The number of alkyl halides is 3. The lowest BCUT2D eigenvalue weighted by atomic mass is 10.3. The Morgan fingerprint density at radius 3 is 2.76 bits per heavy atom. The minimum Gasteiger partial charge on any atom is -0.394 e. The fraction of sp³-hybridized carbons (Fsp3) is 0.455. The second-order valence-corrected chi connectivity index (χ2v) is 5.40. The molecule has 116 valence electrons. The summed E-state index contributed by atoms with van der Waals surface area (Å²) in [5.74, 6) is 0.467. The lowest BCUT2D eigenvalue weighted by Crippen LogP contribution is -2.07. The third kappa shape index (κ3) is 4.00. The molecule has 0 fully saturated rings. The highest BCUT2D eigenvalue weighted by atomic mass is 35.5. The summed E-state index contributed by atoms with van der Waals surface area (Å²) in [6.07, 6.45) is -3.58. The van der Waals surface area contributed by atoms with Gasteiger partial charge in [0, 0.05) is 11.9 Å². The van der Waals surface area contributed by atoms with Crippen LogP contribution in [0.4, 0.5) is 13.2 Å². The molecule has 0 amide bonds. The maximum Gasteiger partial charge on any atom is 0.417 e. The Balaban J connectivity index is 2.19. The van der Waals surface area contributed by atoms with E-state index >= 15 is 0 Å². The summed E-state index contributed by atoms with van der Waals surface area (Å²) < 4.78 is 44.6. The molecule has 0 aliphatic rings. The predicted molar refractivity (Wildman–Crippen MR) is 71.6 cm³/mol. The Labute approximate surface area is 127 Å². The van der Waals surface area contributed by atoms with Gasteiger partial charge in [-0.05, 0) is 6.07 Å². The van der Waals surface area contributed by atoms with Gasteiger partial charge in [-0.15, -0.1) is 10.2 Å². The number of aliphatic hydroxyl groups is 1. The summed E-state index contributed by atoms with van der Waals surface area (Å²) in [5, 5.41) is 16.3. The van der Waals surface area contributed by atoms with Crippen molar-refractivity contribution in [3.05, 3.63) is 22.8 Å². The summed E-state index contributed by atoms with van der Waals surface area (Å²) in [6.45, 7) is 0.473. The summed E-state index contributed by atoms with van der Waals surface area (Å²) in [7, 11) is 0. The maximum atomic E-state index is 12.8. The van der Waals surface area contributed by atoms with Crippen molar-refractivity contribution in [3.8, 4) is 0 Å². The van der Waals surface area contributed by atoms with Crippen LogP contribution in [0, 0.1) is 0 Å². The number of ether oxygens (including phenoxy) is 1. The van der Waals surface area contributed by atoms with Gasteiger partial charge >= 0.3 is 6.18 Å². The Morgan fingerprint density at radius 1 is 1.33 bits per heavy atom. The Kier molecular flexibility index (Phi) is 5.31. The van der Waals surface area contributed by atoms with Crippen LogP contribution in [-0.2, 0) is 10.9 Å². The van der Waals surface area contributed by atoms with Crippen molar-refractivity contribution in [1.29, 1.82) is 0 Å². The molecule has 0 unspecified atom stereocenters. The van der Waals surface area contributed by atoms with Gasteiger partial charge in [0.1, 0.15) is 0 Å². The standard InChI is InChI=1S/C11H11ClF3N3O2S/c12-8-5-7(11(13,14)15)6-18-9(8)16-17-10(18)21-4-3-20-2-1-19/h5-6,19H,1-4H2. The van der Waals surface area contributed by atoms with Crippen molar-refractivity contribution in [3.63, 3.8) is 0 Å². The average Bonchev–Trinajstić information content (AvgIpc) is 2.81. The lowest BCUT2D eigenvalue weighted by Gasteiger charge is -2.08. The van der Waals surface area contributed by atoms with Crippen molar-refractivity contribution in [1.82, 2.24) is 14.6 Å². The van der Waals surface area contributed by atoms with Gasteiger partial charge in [0.25, 0.3) is 0 Å². The van der Waals surface area contributed by atoms with Crippen LogP contribution in [0.15, 0.2) is 17.4 Å². The predicted octanol–water partition coefficient (Wildman–Crippen LogP) is 2.50. The van der Waals surface area contributed by atoms with E-state index in [4.69, 9.17) is 21.4 Å². The smallest absolute Gasteiger partial charge is 0.394 e. The molecule has 5 nitrogen and oxygen atoms in total. The number of pyridine rings is 1. The van der Waals surface area contributed by atoms with Gasteiger partial charge in [-0.1, -0.05) is 23.4 Å². The molecule has 10 heteroatoms. The van der Waals surface area contributed by atoms with Crippen LogP contribution < -0.4 is 0 Å². The molecule has 0 bridgehead atoms. The average molecular weight is 342 g/mol. The fourth-order valence-corrected chi connectivity index (χ4v) is 2.55. The number of nitrogens with zero attached hydrogens (tertiary/aromatic N) is 3. The van der Waals surface area contributed by atoms with Crippen molar-refractivity contribution in [2.45, 2.75) is 11.3 Å². The van der Waals surface area contributed by atoms with Crippen LogP contribution in [0.2, 0.25) is 5.02 Å². The van der Waals surface area contributed by atoms with Crippen molar-refractivity contribution in [2.24, 2.45) is 0 Å². The topological polar surface area (TPSA) is 59.7 Å². The fourth-order valence-electron chi connectivity index (χ4n) is 1.55. The van der Waals surface area contributed by atoms with E-state index < -0.39 is 11.7 Å². The van der Waals surface area contributed by atoms with Crippen LogP contribution >= 0.6 is 23.4 Å². The molecule has 2 rings (SSSR count). The molecular weight excluding hydrogens is 331 g/mol. The lowest BCUT2D eigenvalue weighted by molar-refractivity contribution is -0.137. The Hall–Kier alpha value is -1.03. The van der Waals surface area contributed by atoms with Crippen molar-refractivity contribution < 1.29 is 23.0 Å². The van der Waals surface area contributed by atoms with Crippen LogP contribution in [-0.4, -0.2) is 45.3 Å². The molecule has 0 aliphatic heterocycles. The molecule has 0 aromatic carbocycles. The molecule has 2 aromatic heterocycles. The van der Waals surface area contributed by atoms with Crippen molar-refractivity contribution in [2.75, 3.05) is 25.6 Å². The quantitative estimate of drug-likeness (QED) is 0.646.